The fourth-order valence-electron chi connectivity index (χ4n) is 2.85. The van der Waals surface area contributed by atoms with E-state index in [0.29, 0.717) is 15.1 Å². The number of benzene rings is 2. The van der Waals surface area contributed by atoms with E-state index in [2.05, 4.69) is 4.99 Å². The Kier molecular flexibility index (Phi) is 6.16. The van der Waals surface area contributed by atoms with Crippen LogP contribution in [0.5, 0.6) is 0 Å². The summed E-state index contributed by atoms with van der Waals surface area (Å²) >= 11 is 7.70. The normalized spacial score (nSPS) is 17.2. The molecule has 0 radical (unpaired) electrons. The van der Waals surface area contributed by atoms with Gasteiger partial charge in [-0.1, -0.05) is 29.8 Å². The molecule has 3 rings (SSSR count). The van der Waals surface area contributed by atoms with E-state index in [1.54, 1.807) is 4.90 Å². The molecule has 28 heavy (non-hydrogen) atoms. The van der Waals surface area contributed by atoms with Crippen molar-refractivity contribution in [2.24, 2.45) is 4.99 Å². The molecule has 0 bridgehead atoms. The second kappa shape index (κ2) is 8.41. The van der Waals surface area contributed by atoms with E-state index in [4.69, 9.17) is 11.6 Å². The highest BCUT2D eigenvalue weighted by Crippen LogP contribution is 2.39. The van der Waals surface area contributed by atoms with E-state index in [1.165, 1.54) is 11.8 Å². The summed E-state index contributed by atoms with van der Waals surface area (Å²) in [4.78, 5) is 22.3. The lowest BCUT2D eigenvalue weighted by molar-refractivity contribution is -0.113. The number of carbonyl (C=O) groups excluding carboxylic acids is 1. The molecule has 1 saturated heterocycles. The van der Waals surface area contributed by atoms with Gasteiger partial charge in [0, 0.05) is 30.8 Å². The minimum absolute atomic E-state index is 0.0774. The fourth-order valence-corrected chi connectivity index (χ4v) is 4.13. The van der Waals surface area contributed by atoms with Gasteiger partial charge in [-0.2, -0.15) is 0 Å². The molecule has 1 fully saturated rings. The molecule has 4 nitrogen and oxygen atoms in total. The maximum atomic E-state index is 13.2. The Hall–Kier alpha value is -2.24. The van der Waals surface area contributed by atoms with Gasteiger partial charge in [-0.3, -0.25) is 14.7 Å². The zero-order valence-corrected chi connectivity index (χ0v) is 18.3. The number of anilines is 2. The average molecular weight is 414 g/mol. The van der Waals surface area contributed by atoms with E-state index >= 15 is 0 Å². The molecule has 1 heterocycles. The van der Waals surface area contributed by atoms with Gasteiger partial charge in [0.2, 0.25) is 0 Å². The fraction of sp³-hybridized carbons (Fsp3) is 0.273. The number of amides is 1. The maximum absolute atomic E-state index is 13.2. The number of carbonyl (C=O) groups is 1. The van der Waals surface area contributed by atoms with Gasteiger partial charge in [0.1, 0.15) is 0 Å². The molecule has 1 aliphatic heterocycles. The Bertz CT molecular complexity index is 949. The monoisotopic (exact) mass is 413 g/mol. The summed E-state index contributed by atoms with van der Waals surface area (Å²) in [6.45, 7) is 5.93. The van der Waals surface area contributed by atoms with Crippen molar-refractivity contribution in [1.82, 2.24) is 0 Å². The van der Waals surface area contributed by atoms with E-state index in [1.807, 2.05) is 88.3 Å². The molecular weight excluding hydrogens is 390 g/mol. The lowest BCUT2D eigenvalue weighted by atomic mass is 10.1. The summed E-state index contributed by atoms with van der Waals surface area (Å²) in [5.41, 5.74) is 3.74. The summed E-state index contributed by atoms with van der Waals surface area (Å²) in [6.07, 6.45) is 1.92. The van der Waals surface area contributed by atoms with E-state index < -0.39 is 0 Å². The van der Waals surface area contributed by atoms with Gasteiger partial charge in [0.25, 0.3) is 5.91 Å². The van der Waals surface area contributed by atoms with Crippen molar-refractivity contribution in [2.75, 3.05) is 23.9 Å². The molecule has 1 aliphatic rings. The minimum atomic E-state index is -0.0774. The smallest absolute Gasteiger partial charge is 0.271 e. The van der Waals surface area contributed by atoms with Crippen molar-refractivity contribution in [3.8, 4) is 0 Å². The average Bonchev–Trinajstić information content (AvgIpc) is 2.92. The molecule has 2 aromatic carbocycles. The van der Waals surface area contributed by atoms with Crippen LogP contribution in [0, 0.1) is 6.92 Å². The molecule has 0 spiro atoms. The van der Waals surface area contributed by atoms with Gasteiger partial charge < -0.3 is 4.90 Å². The van der Waals surface area contributed by atoms with Crippen molar-refractivity contribution in [3.63, 3.8) is 0 Å². The zero-order chi connectivity index (χ0) is 20.4. The van der Waals surface area contributed by atoms with Gasteiger partial charge in [-0.25, -0.2) is 0 Å². The summed E-state index contributed by atoms with van der Waals surface area (Å²) < 4.78 is 0. The number of nitrogens with zero attached hydrogens (tertiary/aromatic N) is 3. The van der Waals surface area contributed by atoms with Crippen LogP contribution in [0.1, 0.15) is 25.0 Å². The van der Waals surface area contributed by atoms with Crippen LogP contribution in [-0.4, -0.2) is 31.2 Å². The second-order valence-electron chi connectivity index (χ2n) is 7.13. The van der Waals surface area contributed by atoms with Crippen LogP contribution in [0.3, 0.4) is 0 Å². The number of amidine groups is 1. The van der Waals surface area contributed by atoms with Gasteiger partial charge in [-0.05, 0) is 74.0 Å². The summed E-state index contributed by atoms with van der Waals surface area (Å²) in [6, 6.07) is 13.8. The molecule has 2 aromatic rings. The predicted octanol–water partition coefficient (Wildman–Crippen LogP) is 5.60. The van der Waals surface area contributed by atoms with Crippen LogP contribution in [-0.2, 0) is 4.79 Å². The van der Waals surface area contributed by atoms with Crippen LogP contribution in [0.15, 0.2) is 52.4 Å². The predicted molar refractivity (Wildman–Crippen MR) is 123 cm³/mol. The number of halogens is 1. The Morgan fingerprint density at radius 3 is 2.43 bits per heavy atom. The molecule has 0 N–H and O–H groups in total. The lowest BCUT2D eigenvalue weighted by Crippen LogP contribution is -2.30. The highest BCUT2D eigenvalue weighted by molar-refractivity contribution is 8.19. The summed E-state index contributed by atoms with van der Waals surface area (Å²) in [7, 11) is 4.01. The molecule has 0 aliphatic carbocycles. The Labute approximate surface area is 175 Å². The van der Waals surface area contributed by atoms with E-state index in [0.717, 1.165) is 22.5 Å². The van der Waals surface area contributed by atoms with Gasteiger partial charge in [0.05, 0.1) is 10.6 Å². The maximum Gasteiger partial charge on any atom is 0.271 e. The Morgan fingerprint density at radius 2 is 1.82 bits per heavy atom. The Balaban J connectivity index is 2.01. The van der Waals surface area contributed by atoms with Gasteiger partial charge in [0.15, 0.2) is 5.17 Å². The number of thioether (sulfide) groups is 1. The van der Waals surface area contributed by atoms with Crippen LogP contribution in [0.4, 0.5) is 11.4 Å². The largest absolute Gasteiger partial charge is 0.378 e. The van der Waals surface area contributed by atoms with Gasteiger partial charge in [-0.15, -0.1) is 0 Å². The SMILES string of the molecule is Cc1c(Cl)cccc1N1C(=O)C(=Cc2ccc(N(C)C)cc2)SC1=NC(C)C. The van der Waals surface area contributed by atoms with E-state index in [9.17, 15) is 4.79 Å². The third-order valence-electron chi connectivity index (χ3n) is 4.36. The van der Waals surface area contributed by atoms with E-state index in [-0.39, 0.29) is 11.9 Å². The molecule has 0 saturated carbocycles. The van der Waals surface area contributed by atoms with Crippen molar-refractivity contribution >= 4 is 51.9 Å². The van der Waals surface area contributed by atoms with Crippen molar-refractivity contribution in [2.45, 2.75) is 26.8 Å². The lowest BCUT2D eigenvalue weighted by Gasteiger charge is -2.19. The van der Waals surface area contributed by atoms with Crippen LogP contribution < -0.4 is 9.80 Å². The molecule has 146 valence electrons. The topological polar surface area (TPSA) is 35.9 Å². The molecule has 0 unspecified atom stereocenters. The summed E-state index contributed by atoms with van der Waals surface area (Å²) in [5.74, 6) is -0.0774. The highest BCUT2D eigenvalue weighted by Gasteiger charge is 2.35. The second-order valence-corrected chi connectivity index (χ2v) is 8.54. The summed E-state index contributed by atoms with van der Waals surface area (Å²) in [5, 5.41) is 1.32. The number of hydrogen-bond acceptors (Lipinski definition) is 4. The third kappa shape index (κ3) is 4.26. The molecular formula is C22H24ClN3OS. The first-order valence-corrected chi connectivity index (χ1v) is 10.3. The molecule has 0 aromatic heterocycles. The first-order valence-electron chi connectivity index (χ1n) is 9.12. The number of aliphatic imine (C=N–C) groups is 1. The minimum Gasteiger partial charge on any atom is -0.378 e. The van der Waals surface area contributed by atoms with Gasteiger partial charge >= 0.3 is 0 Å². The third-order valence-corrected chi connectivity index (χ3v) is 5.75. The number of hydrogen-bond donors (Lipinski definition) is 0. The zero-order valence-electron chi connectivity index (χ0n) is 16.7. The Morgan fingerprint density at radius 1 is 1.14 bits per heavy atom. The van der Waals surface area contributed by atoms with Crippen molar-refractivity contribution < 1.29 is 4.79 Å². The molecule has 1 amide bonds. The highest BCUT2D eigenvalue weighted by atomic mass is 35.5. The first-order chi connectivity index (χ1) is 13.3. The van der Waals surface area contributed by atoms with Crippen molar-refractivity contribution in [3.05, 3.63) is 63.5 Å². The molecule has 0 atom stereocenters. The quantitative estimate of drug-likeness (QED) is 0.612. The standard InChI is InChI=1S/C22H24ClN3OS/c1-14(2)24-22-26(19-8-6-7-18(23)15(19)3)21(27)20(28-22)13-16-9-11-17(12-10-16)25(4)5/h6-14H,1-5H3. The first kappa shape index (κ1) is 20.5. The van der Waals surface area contributed by atoms with Crippen LogP contribution in [0.25, 0.3) is 6.08 Å². The van der Waals surface area contributed by atoms with Crippen LogP contribution in [0.2, 0.25) is 5.02 Å². The number of rotatable bonds is 4. The van der Waals surface area contributed by atoms with Crippen molar-refractivity contribution in [1.29, 1.82) is 0 Å². The van der Waals surface area contributed by atoms with Crippen LogP contribution >= 0.6 is 23.4 Å². The molecule has 6 heteroatoms.